The maximum Gasteiger partial charge on any atom is 0.275 e. The van der Waals surface area contributed by atoms with E-state index >= 15 is 0 Å². The van der Waals surface area contributed by atoms with Crippen LogP contribution in [0.25, 0.3) is 11.3 Å². The molecule has 1 aromatic heterocycles. The summed E-state index contributed by atoms with van der Waals surface area (Å²) in [6.07, 6.45) is 5.39. The maximum absolute atomic E-state index is 12.5. The lowest BCUT2D eigenvalue weighted by Gasteiger charge is -2.28. The standard InChI is InChI=1S/C21H20N4O/c1-25-11-5-8-16-9-10-17(12-20(16)25)24-21(26)19-14-22-18(13-23-19)15-6-3-2-4-7-15/h2-4,6-7,9-10,12-14H,5,8,11H2,1H3,(H,24,26). The van der Waals surface area contributed by atoms with Crippen LogP contribution in [0.3, 0.4) is 0 Å². The van der Waals surface area contributed by atoms with Crippen LogP contribution in [0, 0.1) is 0 Å². The van der Waals surface area contributed by atoms with E-state index in [1.165, 1.54) is 23.9 Å². The lowest BCUT2D eigenvalue weighted by Crippen LogP contribution is -2.25. The summed E-state index contributed by atoms with van der Waals surface area (Å²) in [7, 11) is 2.08. The van der Waals surface area contributed by atoms with Gasteiger partial charge in [0.05, 0.1) is 18.1 Å². The highest BCUT2D eigenvalue weighted by atomic mass is 16.1. The minimum absolute atomic E-state index is 0.254. The monoisotopic (exact) mass is 344 g/mol. The second kappa shape index (κ2) is 6.96. The van der Waals surface area contributed by atoms with Gasteiger partial charge in [0, 0.05) is 30.5 Å². The smallest absolute Gasteiger partial charge is 0.275 e. The molecule has 0 atom stereocenters. The Morgan fingerprint density at radius 3 is 2.69 bits per heavy atom. The van der Waals surface area contributed by atoms with Gasteiger partial charge in [-0.25, -0.2) is 4.98 Å². The van der Waals surface area contributed by atoms with Crippen molar-refractivity contribution in [2.75, 3.05) is 23.8 Å². The summed E-state index contributed by atoms with van der Waals surface area (Å²) in [4.78, 5) is 23.3. The number of aromatic nitrogens is 2. The third kappa shape index (κ3) is 3.28. The molecule has 0 saturated heterocycles. The highest BCUT2D eigenvalue weighted by molar-refractivity contribution is 6.03. The lowest BCUT2D eigenvalue weighted by atomic mass is 10.0. The zero-order valence-electron chi connectivity index (χ0n) is 14.6. The summed E-state index contributed by atoms with van der Waals surface area (Å²) in [6, 6.07) is 15.8. The van der Waals surface area contributed by atoms with E-state index in [0.29, 0.717) is 5.69 Å². The first-order valence-corrected chi connectivity index (χ1v) is 8.73. The Hall–Kier alpha value is -3.21. The molecule has 1 aliphatic heterocycles. The molecular weight excluding hydrogens is 324 g/mol. The van der Waals surface area contributed by atoms with E-state index < -0.39 is 0 Å². The molecular formula is C21H20N4O. The first-order chi connectivity index (χ1) is 12.7. The molecule has 1 aliphatic rings. The molecule has 1 N–H and O–H groups in total. The van der Waals surface area contributed by atoms with Crippen molar-refractivity contribution >= 4 is 17.3 Å². The van der Waals surface area contributed by atoms with Crippen molar-refractivity contribution in [1.82, 2.24) is 9.97 Å². The molecule has 3 aromatic rings. The number of hydrogen-bond acceptors (Lipinski definition) is 4. The predicted octanol–water partition coefficient (Wildman–Crippen LogP) is 3.78. The van der Waals surface area contributed by atoms with Gasteiger partial charge in [0.25, 0.3) is 5.91 Å². The fourth-order valence-electron chi connectivity index (χ4n) is 3.23. The molecule has 5 heteroatoms. The van der Waals surface area contributed by atoms with E-state index in [1.807, 2.05) is 42.5 Å². The van der Waals surface area contributed by atoms with Crippen LogP contribution in [0.2, 0.25) is 0 Å². The number of fused-ring (bicyclic) bond motifs is 1. The molecule has 0 fully saturated rings. The molecule has 2 heterocycles. The molecule has 0 radical (unpaired) electrons. The van der Waals surface area contributed by atoms with Gasteiger partial charge >= 0.3 is 0 Å². The highest BCUT2D eigenvalue weighted by Crippen LogP contribution is 2.29. The van der Waals surface area contributed by atoms with Gasteiger partial charge in [-0.15, -0.1) is 0 Å². The first kappa shape index (κ1) is 16.3. The second-order valence-corrected chi connectivity index (χ2v) is 6.48. The number of aryl methyl sites for hydroxylation is 1. The van der Waals surface area contributed by atoms with Gasteiger partial charge in [-0.05, 0) is 30.5 Å². The molecule has 2 aromatic carbocycles. The average Bonchev–Trinajstić information content (AvgIpc) is 2.69. The van der Waals surface area contributed by atoms with Crippen molar-refractivity contribution in [2.45, 2.75) is 12.8 Å². The Labute approximate surface area is 152 Å². The van der Waals surface area contributed by atoms with E-state index in [1.54, 1.807) is 6.20 Å². The third-order valence-electron chi connectivity index (χ3n) is 4.65. The minimum atomic E-state index is -0.254. The number of carbonyl (C=O) groups is 1. The molecule has 0 spiro atoms. The topological polar surface area (TPSA) is 58.1 Å². The first-order valence-electron chi connectivity index (χ1n) is 8.73. The minimum Gasteiger partial charge on any atom is -0.374 e. The molecule has 1 amide bonds. The van der Waals surface area contributed by atoms with Crippen LogP contribution < -0.4 is 10.2 Å². The Morgan fingerprint density at radius 1 is 1.08 bits per heavy atom. The molecule has 0 unspecified atom stereocenters. The zero-order valence-corrected chi connectivity index (χ0v) is 14.6. The lowest BCUT2D eigenvalue weighted by molar-refractivity contribution is 0.102. The van der Waals surface area contributed by atoms with Gasteiger partial charge in [0.1, 0.15) is 5.69 Å². The SMILES string of the molecule is CN1CCCc2ccc(NC(=O)c3cnc(-c4ccccc4)cn3)cc21. The van der Waals surface area contributed by atoms with Gasteiger partial charge in [0.15, 0.2) is 0 Å². The highest BCUT2D eigenvalue weighted by Gasteiger charge is 2.15. The number of carbonyl (C=O) groups excluding carboxylic acids is 1. The summed E-state index contributed by atoms with van der Waals surface area (Å²) >= 11 is 0. The quantitative estimate of drug-likeness (QED) is 0.785. The number of benzene rings is 2. The van der Waals surface area contributed by atoms with Crippen LogP contribution in [-0.2, 0) is 6.42 Å². The van der Waals surface area contributed by atoms with Crippen LogP contribution in [0.4, 0.5) is 11.4 Å². The molecule has 0 saturated carbocycles. The number of anilines is 2. The van der Waals surface area contributed by atoms with Crippen LogP contribution in [0.1, 0.15) is 22.5 Å². The molecule has 130 valence electrons. The molecule has 0 aliphatic carbocycles. The summed E-state index contributed by atoms with van der Waals surface area (Å²) in [5, 5.41) is 2.92. The summed E-state index contributed by atoms with van der Waals surface area (Å²) in [5.74, 6) is -0.254. The van der Waals surface area contributed by atoms with Crippen molar-refractivity contribution in [3.05, 3.63) is 72.2 Å². The van der Waals surface area contributed by atoms with Crippen molar-refractivity contribution in [1.29, 1.82) is 0 Å². The van der Waals surface area contributed by atoms with Gasteiger partial charge in [-0.2, -0.15) is 0 Å². The largest absolute Gasteiger partial charge is 0.374 e. The van der Waals surface area contributed by atoms with Crippen LogP contribution in [0.15, 0.2) is 60.9 Å². The van der Waals surface area contributed by atoms with E-state index in [0.717, 1.165) is 29.9 Å². The number of rotatable bonds is 3. The van der Waals surface area contributed by atoms with Crippen molar-refractivity contribution in [3.8, 4) is 11.3 Å². The van der Waals surface area contributed by atoms with E-state index in [4.69, 9.17) is 0 Å². The van der Waals surface area contributed by atoms with Gasteiger partial charge in [0.2, 0.25) is 0 Å². The van der Waals surface area contributed by atoms with E-state index in [-0.39, 0.29) is 5.91 Å². The number of nitrogens with one attached hydrogen (secondary N) is 1. The van der Waals surface area contributed by atoms with Crippen LogP contribution >= 0.6 is 0 Å². The molecule has 4 rings (SSSR count). The normalized spacial score (nSPS) is 13.2. The Balaban J connectivity index is 1.51. The molecule has 0 bridgehead atoms. The fourth-order valence-corrected chi connectivity index (χ4v) is 3.23. The third-order valence-corrected chi connectivity index (χ3v) is 4.65. The van der Waals surface area contributed by atoms with Crippen molar-refractivity contribution < 1.29 is 4.79 Å². The molecule has 5 nitrogen and oxygen atoms in total. The predicted molar refractivity (Wildman–Crippen MR) is 103 cm³/mol. The maximum atomic E-state index is 12.5. The van der Waals surface area contributed by atoms with Crippen LogP contribution in [0.5, 0.6) is 0 Å². The fraction of sp³-hybridized carbons (Fsp3) is 0.190. The van der Waals surface area contributed by atoms with Crippen molar-refractivity contribution in [2.24, 2.45) is 0 Å². The number of hydrogen-bond donors (Lipinski definition) is 1. The Morgan fingerprint density at radius 2 is 1.92 bits per heavy atom. The van der Waals surface area contributed by atoms with Gasteiger partial charge in [-0.3, -0.25) is 9.78 Å². The van der Waals surface area contributed by atoms with Crippen molar-refractivity contribution in [3.63, 3.8) is 0 Å². The second-order valence-electron chi connectivity index (χ2n) is 6.48. The van der Waals surface area contributed by atoms with E-state index in [9.17, 15) is 4.79 Å². The Bertz CT molecular complexity index is 923. The van der Waals surface area contributed by atoms with E-state index in [2.05, 4.69) is 33.3 Å². The van der Waals surface area contributed by atoms with Gasteiger partial charge in [-0.1, -0.05) is 36.4 Å². The molecule has 26 heavy (non-hydrogen) atoms. The number of nitrogens with zero attached hydrogens (tertiary/aromatic N) is 3. The summed E-state index contributed by atoms with van der Waals surface area (Å²) < 4.78 is 0. The van der Waals surface area contributed by atoms with Crippen LogP contribution in [-0.4, -0.2) is 29.5 Å². The summed E-state index contributed by atoms with van der Waals surface area (Å²) in [5.41, 5.74) is 5.30. The Kier molecular flexibility index (Phi) is 4.35. The summed E-state index contributed by atoms with van der Waals surface area (Å²) in [6.45, 7) is 1.04. The van der Waals surface area contributed by atoms with Gasteiger partial charge < -0.3 is 10.2 Å². The average molecular weight is 344 g/mol. The zero-order chi connectivity index (χ0) is 17.9. The number of amides is 1.